The first-order chi connectivity index (χ1) is 14.3. The van der Waals surface area contributed by atoms with E-state index in [4.69, 9.17) is 20.6 Å². The van der Waals surface area contributed by atoms with Gasteiger partial charge in [-0.3, -0.25) is 15.0 Å². The number of hydrogen-bond acceptors (Lipinski definition) is 7. The van der Waals surface area contributed by atoms with Crippen molar-refractivity contribution in [3.63, 3.8) is 0 Å². The maximum atomic E-state index is 12.1. The molecule has 1 aliphatic rings. The molecule has 4 N–H and O–H groups in total. The summed E-state index contributed by atoms with van der Waals surface area (Å²) in [5.74, 6) is 0.194. The van der Waals surface area contributed by atoms with Gasteiger partial charge in [0, 0.05) is 18.0 Å². The first-order valence-corrected chi connectivity index (χ1v) is 9.71. The quantitative estimate of drug-likeness (QED) is 0.341. The second-order valence-electron chi connectivity index (χ2n) is 7.43. The van der Waals surface area contributed by atoms with Gasteiger partial charge in [-0.15, -0.1) is 0 Å². The minimum atomic E-state index is -0.387. The molecule has 3 rings (SSSR count). The topological polar surface area (TPSA) is 140 Å². The van der Waals surface area contributed by atoms with E-state index in [0.717, 1.165) is 5.56 Å². The predicted molar refractivity (Wildman–Crippen MR) is 110 cm³/mol. The number of esters is 1. The molecule has 0 unspecified atom stereocenters. The number of amidine groups is 1. The van der Waals surface area contributed by atoms with E-state index < -0.39 is 0 Å². The van der Waals surface area contributed by atoms with Crippen LogP contribution in [0.25, 0.3) is 11.4 Å². The lowest BCUT2D eigenvalue weighted by molar-refractivity contribution is -0.149. The molecule has 0 saturated carbocycles. The number of hydrogen-bond donors (Lipinski definition) is 3. The van der Waals surface area contributed by atoms with Crippen LogP contribution in [0, 0.1) is 11.3 Å². The molecule has 0 aliphatic carbocycles. The maximum absolute atomic E-state index is 12.1. The molecule has 1 aromatic heterocycles. The number of nitrogens with one attached hydrogen (secondary N) is 2. The average molecular weight is 411 g/mol. The van der Waals surface area contributed by atoms with Crippen molar-refractivity contribution >= 4 is 17.7 Å². The van der Waals surface area contributed by atoms with E-state index in [2.05, 4.69) is 15.3 Å². The normalized spacial score (nSPS) is 18.2. The minimum absolute atomic E-state index is 0.0802. The van der Waals surface area contributed by atoms with Gasteiger partial charge in [-0.1, -0.05) is 0 Å². The van der Waals surface area contributed by atoms with Gasteiger partial charge in [0.1, 0.15) is 18.2 Å². The summed E-state index contributed by atoms with van der Waals surface area (Å²) in [6.07, 6.45) is 3.43. The summed E-state index contributed by atoms with van der Waals surface area (Å²) < 4.78 is 10.9. The fourth-order valence-corrected chi connectivity index (χ4v) is 3.14. The fourth-order valence-electron chi connectivity index (χ4n) is 3.14. The Balaban J connectivity index is 1.51. The van der Waals surface area contributed by atoms with Gasteiger partial charge in [-0.05, 0) is 44.5 Å². The van der Waals surface area contributed by atoms with Crippen LogP contribution in [0.1, 0.15) is 32.3 Å². The van der Waals surface area contributed by atoms with E-state index in [1.54, 1.807) is 26.0 Å². The summed E-state index contributed by atoms with van der Waals surface area (Å²) in [6.45, 7) is 3.87. The van der Waals surface area contributed by atoms with E-state index in [1.807, 2.05) is 12.1 Å². The van der Waals surface area contributed by atoms with Crippen LogP contribution in [0.5, 0.6) is 5.75 Å². The average Bonchev–Trinajstić information content (AvgIpc) is 3.05. The van der Waals surface area contributed by atoms with Gasteiger partial charge in [0.15, 0.2) is 5.82 Å². The second-order valence-corrected chi connectivity index (χ2v) is 7.43. The van der Waals surface area contributed by atoms with Crippen molar-refractivity contribution in [2.75, 3.05) is 6.61 Å². The minimum Gasteiger partial charge on any atom is -0.491 e. The van der Waals surface area contributed by atoms with Crippen molar-refractivity contribution in [1.29, 1.82) is 5.41 Å². The number of aromatic nitrogens is 2. The molecule has 0 bridgehead atoms. The predicted octanol–water partition coefficient (Wildman–Crippen LogP) is 1.65. The van der Waals surface area contributed by atoms with Crippen LogP contribution in [0.15, 0.2) is 36.7 Å². The van der Waals surface area contributed by atoms with Crippen molar-refractivity contribution < 1.29 is 19.1 Å². The molecule has 1 saturated heterocycles. The molecule has 0 spiro atoms. The monoisotopic (exact) mass is 411 g/mol. The highest BCUT2D eigenvalue weighted by atomic mass is 16.5. The number of nitrogens with two attached hydrogens (primary N) is 1. The Morgan fingerprint density at radius 2 is 1.93 bits per heavy atom. The molecule has 2 aromatic rings. The standard InChI is InChI=1S/C21H25N5O4/c1-12(2)30-18(27)8-14-7-16(26-21(14)28)11-29-17-5-3-13(4-6-17)20-24-9-15(10-25-20)19(22)23/h3-6,9-10,12,14,16H,7-8,11H2,1-2H3,(H3,22,23)(H,26,28)/t14-,16-/m0/s1. The zero-order valence-electron chi connectivity index (χ0n) is 16.9. The lowest BCUT2D eigenvalue weighted by Crippen LogP contribution is -2.31. The van der Waals surface area contributed by atoms with Crippen LogP contribution in [-0.2, 0) is 14.3 Å². The van der Waals surface area contributed by atoms with Gasteiger partial charge in [-0.2, -0.15) is 0 Å². The SMILES string of the molecule is CC(C)OC(=O)C[C@@H]1C[C@@H](COc2ccc(-c3ncc(C(=N)N)cn3)cc2)NC1=O. The summed E-state index contributed by atoms with van der Waals surface area (Å²) in [5, 5.41) is 10.2. The van der Waals surface area contributed by atoms with Crippen LogP contribution >= 0.6 is 0 Å². The van der Waals surface area contributed by atoms with E-state index in [1.165, 1.54) is 12.4 Å². The van der Waals surface area contributed by atoms with Gasteiger partial charge in [0.05, 0.1) is 30.0 Å². The molecule has 0 radical (unpaired) electrons. The molecule has 9 heteroatoms. The largest absolute Gasteiger partial charge is 0.491 e. The Morgan fingerprint density at radius 1 is 1.27 bits per heavy atom. The van der Waals surface area contributed by atoms with Crippen molar-refractivity contribution in [1.82, 2.24) is 15.3 Å². The van der Waals surface area contributed by atoms with Crippen molar-refractivity contribution in [2.45, 2.75) is 38.8 Å². The van der Waals surface area contributed by atoms with Gasteiger partial charge in [0.25, 0.3) is 0 Å². The summed E-state index contributed by atoms with van der Waals surface area (Å²) in [6, 6.07) is 7.10. The molecule has 1 fully saturated rings. The van der Waals surface area contributed by atoms with Gasteiger partial charge < -0.3 is 20.5 Å². The molecule has 2 atom stereocenters. The highest BCUT2D eigenvalue weighted by Gasteiger charge is 2.34. The number of carbonyl (C=O) groups excluding carboxylic acids is 2. The molecule has 9 nitrogen and oxygen atoms in total. The lowest BCUT2D eigenvalue weighted by Gasteiger charge is -2.12. The molecular weight excluding hydrogens is 386 g/mol. The van der Waals surface area contributed by atoms with Crippen LogP contribution in [0.2, 0.25) is 0 Å². The third-order valence-corrected chi connectivity index (χ3v) is 4.59. The first kappa shape index (κ1) is 21.2. The molecule has 2 heterocycles. The third-order valence-electron chi connectivity index (χ3n) is 4.59. The molecule has 158 valence electrons. The molecule has 30 heavy (non-hydrogen) atoms. The number of rotatable bonds is 8. The number of ether oxygens (including phenoxy) is 2. The van der Waals surface area contributed by atoms with Crippen LogP contribution in [0.4, 0.5) is 0 Å². The van der Waals surface area contributed by atoms with E-state index in [0.29, 0.717) is 30.2 Å². The van der Waals surface area contributed by atoms with Gasteiger partial charge in [0.2, 0.25) is 5.91 Å². The Kier molecular flexibility index (Phi) is 6.61. The number of amides is 1. The zero-order valence-corrected chi connectivity index (χ0v) is 16.9. The number of nitrogen functional groups attached to an aromatic ring is 1. The Morgan fingerprint density at radius 3 is 2.53 bits per heavy atom. The first-order valence-electron chi connectivity index (χ1n) is 9.71. The van der Waals surface area contributed by atoms with Crippen molar-refractivity contribution in [3.8, 4) is 17.1 Å². The zero-order chi connectivity index (χ0) is 21.7. The second kappa shape index (κ2) is 9.34. The Labute approximate surface area is 174 Å². The summed E-state index contributed by atoms with van der Waals surface area (Å²) in [5.41, 5.74) is 6.67. The Hall–Kier alpha value is -3.49. The molecular formula is C21H25N5O4. The lowest BCUT2D eigenvalue weighted by atomic mass is 10.0. The smallest absolute Gasteiger partial charge is 0.306 e. The molecule has 1 amide bonds. The summed E-state index contributed by atoms with van der Waals surface area (Å²) in [7, 11) is 0. The van der Waals surface area contributed by atoms with Crippen molar-refractivity contribution in [2.24, 2.45) is 11.7 Å². The van der Waals surface area contributed by atoms with Gasteiger partial charge >= 0.3 is 5.97 Å². The number of nitrogens with zero attached hydrogens (tertiary/aromatic N) is 2. The van der Waals surface area contributed by atoms with Gasteiger partial charge in [-0.25, -0.2) is 9.97 Å². The summed E-state index contributed by atoms with van der Waals surface area (Å²) in [4.78, 5) is 32.3. The van der Waals surface area contributed by atoms with E-state index in [-0.39, 0.29) is 42.2 Å². The number of benzene rings is 1. The van der Waals surface area contributed by atoms with E-state index in [9.17, 15) is 9.59 Å². The maximum Gasteiger partial charge on any atom is 0.306 e. The summed E-state index contributed by atoms with van der Waals surface area (Å²) >= 11 is 0. The van der Waals surface area contributed by atoms with Crippen LogP contribution in [-0.4, -0.2) is 46.4 Å². The highest BCUT2D eigenvalue weighted by Crippen LogP contribution is 2.23. The van der Waals surface area contributed by atoms with Crippen LogP contribution < -0.4 is 15.8 Å². The van der Waals surface area contributed by atoms with Crippen LogP contribution in [0.3, 0.4) is 0 Å². The van der Waals surface area contributed by atoms with E-state index >= 15 is 0 Å². The highest BCUT2D eigenvalue weighted by molar-refractivity contribution is 5.94. The third kappa shape index (κ3) is 5.53. The molecule has 1 aliphatic heterocycles. The number of carbonyl (C=O) groups is 2. The Bertz CT molecular complexity index is 912. The fraction of sp³-hybridized carbons (Fsp3) is 0.381. The molecule has 1 aromatic carbocycles. The van der Waals surface area contributed by atoms with Crippen molar-refractivity contribution in [3.05, 3.63) is 42.2 Å².